The van der Waals surface area contributed by atoms with Crippen molar-refractivity contribution in [3.8, 4) is 16.9 Å². The number of benzene rings is 3. The van der Waals surface area contributed by atoms with Crippen molar-refractivity contribution >= 4 is 51.7 Å². The fourth-order valence-electron chi connectivity index (χ4n) is 3.41. The number of rotatable bonds is 8. The van der Waals surface area contributed by atoms with Gasteiger partial charge in [-0.1, -0.05) is 56.3 Å². The Bertz CT molecular complexity index is 1580. The Kier molecular flexibility index (Phi) is 8.20. The second-order valence-electron chi connectivity index (χ2n) is 7.62. The lowest BCUT2D eigenvalue weighted by atomic mass is 10.1. The van der Waals surface area contributed by atoms with Gasteiger partial charge in [-0.3, -0.25) is 4.79 Å². The molecule has 0 bridgehead atoms. The van der Waals surface area contributed by atoms with Crippen LogP contribution in [0.2, 0.25) is 5.02 Å². The van der Waals surface area contributed by atoms with E-state index in [1.807, 2.05) is 0 Å². The van der Waals surface area contributed by atoms with Gasteiger partial charge in [0, 0.05) is 25.2 Å². The van der Waals surface area contributed by atoms with E-state index in [9.17, 15) is 22.7 Å². The molecule has 4 N–H and O–H groups in total. The van der Waals surface area contributed by atoms with Crippen LogP contribution in [-0.4, -0.2) is 29.0 Å². The van der Waals surface area contributed by atoms with Gasteiger partial charge in [-0.25, -0.2) is 18.2 Å². The largest absolute Gasteiger partial charge is 0.697 e. The number of sulfonamides is 1. The Morgan fingerprint density at radius 3 is 2.38 bits per heavy atom. The van der Waals surface area contributed by atoms with E-state index in [0.717, 1.165) is 4.47 Å². The highest BCUT2D eigenvalue weighted by Crippen LogP contribution is 2.30. The Hall–Kier alpha value is -2.96. The molecule has 0 aliphatic carbocycles. The van der Waals surface area contributed by atoms with E-state index in [4.69, 9.17) is 21.3 Å². The van der Waals surface area contributed by atoms with E-state index < -0.39 is 30.4 Å². The Morgan fingerprint density at radius 1 is 1.11 bits per heavy atom. The van der Waals surface area contributed by atoms with Crippen molar-refractivity contribution in [3.05, 3.63) is 99.6 Å². The normalized spacial score (nSPS) is 12.7. The molecule has 1 amide bonds. The van der Waals surface area contributed by atoms with Gasteiger partial charge < -0.3 is 5.32 Å². The first-order valence-corrected chi connectivity index (χ1v) is 14.2. The Labute approximate surface area is 226 Å². The summed E-state index contributed by atoms with van der Waals surface area (Å²) in [4.78, 5) is 22.4. The molecule has 4 rings (SSSR count). The predicted molar refractivity (Wildman–Crippen MR) is 141 cm³/mol. The smallest absolute Gasteiger partial charge is 0.317 e. The van der Waals surface area contributed by atoms with Crippen LogP contribution < -0.4 is 10.5 Å². The molecule has 0 radical (unpaired) electrons. The third-order valence-corrected chi connectivity index (χ3v) is 7.19. The van der Waals surface area contributed by atoms with Crippen LogP contribution >= 0.6 is 35.8 Å². The van der Waals surface area contributed by atoms with E-state index in [2.05, 4.69) is 26.3 Å². The molecule has 0 fully saturated rings. The number of primary sulfonamides is 1. The van der Waals surface area contributed by atoms with Crippen molar-refractivity contribution < 1.29 is 27.2 Å². The second-order valence-corrected chi connectivity index (χ2v) is 11.2. The number of nitrogens with zero attached hydrogens (tertiary/aromatic N) is 2. The topological polar surface area (TPSA) is 154 Å². The van der Waals surface area contributed by atoms with Gasteiger partial charge in [0.1, 0.15) is 0 Å². The molecule has 0 aliphatic rings. The summed E-state index contributed by atoms with van der Waals surface area (Å²) in [6, 6.07) is 20.6. The number of aromatic nitrogens is 2. The summed E-state index contributed by atoms with van der Waals surface area (Å²) in [5.41, 5.74) is 1.95. The lowest BCUT2D eigenvalue weighted by Crippen LogP contribution is -2.29. The zero-order valence-corrected chi connectivity index (χ0v) is 22.7. The van der Waals surface area contributed by atoms with E-state index >= 15 is 0 Å². The van der Waals surface area contributed by atoms with Crippen LogP contribution in [0.25, 0.3) is 16.9 Å². The van der Waals surface area contributed by atoms with Crippen LogP contribution in [0.15, 0.2) is 88.2 Å². The third kappa shape index (κ3) is 6.68. The van der Waals surface area contributed by atoms with Gasteiger partial charge in [-0.05, 0) is 54.6 Å². The minimum atomic E-state index is -3.90. The van der Waals surface area contributed by atoms with Gasteiger partial charge in [0.2, 0.25) is 16.3 Å². The summed E-state index contributed by atoms with van der Waals surface area (Å²) < 4.78 is 41.9. The summed E-state index contributed by atoms with van der Waals surface area (Å²) in [6.07, 6.45) is -1.23. The molecule has 0 saturated carbocycles. The van der Waals surface area contributed by atoms with E-state index in [-0.39, 0.29) is 10.6 Å². The van der Waals surface area contributed by atoms with Crippen LogP contribution in [0.5, 0.6) is 0 Å². The van der Waals surface area contributed by atoms with Gasteiger partial charge in [0.25, 0.3) is 5.91 Å². The highest BCUT2D eigenvalue weighted by molar-refractivity contribution is 9.10. The van der Waals surface area contributed by atoms with Crippen LogP contribution in [0.1, 0.15) is 22.3 Å². The van der Waals surface area contributed by atoms with Crippen molar-refractivity contribution in [1.29, 1.82) is 0 Å². The maximum atomic E-state index is 13.2. The summed E-state index contributed by atoms with van der Waals surface area (Å²) in [5.74, 6) is -0.687. The van der Waals surface area contributed by atoms with Crippen molar-refractivity contribution in [2.24, 2.45) is 5.14 Å². The minimum absolute atomic E-state index is 0.0376. The number of halogens is 2. The zero-order valence-electron chi connectivity index (χ0n) is 18.7. The van der Waals surface area contributed by atoms with Crippen molar-refractivity contribution in [2.45, 2.75) is 11.1 Å². The second kappa shape index (κ2) is 11.2. The SMILES string of the molecule is NS(=O)(=O)c1ccc(-n2nc(C(=O)NC(O[P+](=O)O)c3ccc(Br)cc3)cc2-c2cccc(Cl)c2)cc1. The summed E-state index contributed by atoms with van der Waals surface area (Å²) in [5, 5.41) is 12.6. The zero-order chi connectivity index (χ0) is 26.7. The lowest BCUT2D eigenvalue weighted by molar-refractivity contribution is 0.0817. The maximum Gasteiger partial charge on any atom is 0.697 e. The Balaban J connectivity index is 1.74. The van der Waals surface area contributed by atoms with Crippen LogP contribution in [-0.2, 0) is 19.1 Å². The first-order chi connectivity index (χ1) is 17.5. The molecule has 190 valence electrons. The standard InChI is InChI=1S/C23H17BrClN4O6PS/c24-16-6-4-14(5-7-16)23(35-36(31)32)27-22(30)20-13-21(15-2-1-3-17(25)12-15)29(28-20)18-8-10-19(11-9-18)37(26,33)34/h1-13,23H,(H3-,26,27,30,31,32,33,34)/p+1. The van der Waals surface area contributed by atoms with E-state index in [1.54, 1.807) is 48.5 Å². The molecular formula is C23H18BrClN4O6PS+. The number of nitrogens with two attached hydrogens (primary N) is 1. The molecule has 0 aliphatic heterocycles. The molecule has 1 aromatic heterocycles. The minimum Gasteiger partial charge on any atom is -0.317 e. The van der Waals surface area contributed by atoms with Crippen LogP contribution in [0.3, 0.4) is 0 Å². The maximum absolute atomic E-state index is 13.2. The highest BCUT2D eigenvalue weighted by Gasteiger charge is 2.28. The first-order valence-electron chi connectivity index (χ1n) is 10.4. The van der Waals surface area contributed by atoms with Crippen molar-refractivity contribution in [2.75, 3.05) is 0 Å². The number of amides is 1. The third-order valence-electron chi connectivity index (χ3n) is 5.10. The molecule has 4 aromatic rings. The molecular weight excluding hydrogens is 607 g/mol. The molecule has 14 heteroatoms. The monoisotopic (exact) mass is 623 g/mol. The van der Waals surface area contributed by atoms with Gasteiger partial charge >= 0.3 is 8.25 Å². The number of hydrogen-bond acceptors (Lipinski definition) is 6. The average molecular weight is 625 g/mol. The fourth-order valence-corrected chi connectivity index (χ4v) is 4.74. The molecule has 37 heavy (non-hydrogen) atoms. The van der Waals surface area contributed by atoms with Crippen molar-refractivity contribution in [3.63, 3.8) is 0 Å². The Morgan fingerprint density at radius 2 is 1.78 bits per heavy atom. The van der Waals surface area contributed by atoms with Crippen LogP contribution in [0.4, 0.5) is 0 Å². The average Bonchev–Trinajstić information content (AvgIpc) is 3.29. The number of carbonyl (C=O) groups is 1. The molecule has 2 atom stereocenters. The van der Waals surface area contributed by atoms with Gasteiger partial charge in [0.05, 0.1) is 16.3 Å². The van der Waals surface area contributed by atoms with Crippen molar-refractivity contribution in [1.82, 2.24) is 15.1 Å². The van der Waals surface area contributed by atoms with E-state index in [0.29, 0.717) is 27.5 Å². The molecule has 2 unspecified atom stereocenters. The lowest BCUT2D eigenvalue weighted by Gasteiger charge is -2.12. The number of nitrogens with one attached hydrogen (secondary N) is 1. The quantitative estimate of drug-likeness (QED) is 0.190. The summed E-state index contributed by atoms with van der Waals surface area (Å²) in [6.45, 7) is 0. The van der Waals surface area contributed by atoms with E-state index in [1.165, 1.54) is 35.0 Å². The first kappa shape index (κ1) is 27.1. The number of carbonyl (C=O) groups excluding carboxylic acids is 1. The molecule has 0 saturated heterocycles. The highest BCUT2D eigenvalue weighted by atomic mass is 79.9. The predicted octanol–water partition coefficient (Wildman–Crippen LogP) is 4.70. The number of hydrogen-bond donors (Lipinski definition) is 3. The van der Waals surface area contributed by atoms with Crippen LogP contribution in [0, 0.1) is 0 Å². The summed E-state index contributed by atoms with van der Waals surface area (Å²) in [7, 11) is -6.94. The van der Waals surface area contributed by atoms with Gasteiger partial charge in [-0.2, -0.15) is 5.10 Å². The molecule has 3 aromatic carbocycles. The molecule has 10 nitrogen and oxygen atoms in total. The van der Waals surface area contributed by atoms with Gasteiger partial charge in [-0.15, -0.1) is 4.89 Å². The molecule has 1 heterocycles. The molecule has 0 spiro atoms. The summed E-state index contributed by atoms with van der Waals surface area (Å²) >= 11 is 9.48. The fraction of sp³-hybridized carbons (Fsp3) is 0.0435. The van der Waals surface area contributed by atoms with Gasteiger partial charge in [0.15, 0.2) is 5.69 Å².